The minimum atomic E-state index is 0.0738. The Labute approximate surface area is 136 Å². The molecule has 0 radical (unpaired) electrons. The molecule has 0 saturated heterocycles. The molecule has 0 spiro atoms. The van der Waals surface area contributed by atoms with E-state index >= 15 is 0 Å². The average molecular weight is 305 g/mol. The molecule has 0 aliphatic carbocycles. The fourth-order valence-corrected chi connectivity index (χ4v) is 3.95. The van der Waals surface area contributed by atoms with Gasteiger partial charge < -0.3 is 14.6 Å². The topological polar surface area (TPSA) is 52.2 Å². The molecule has 4 heteroatoms. The second-order valence-corrected chi connectivity index (χ2v) is 6.47. The van der Waals surface area contributed by atoms with Crippen LogP contribution in [-0.4, -0.2) is 11.9 Å². The number of allylic oxidation sites excluding steroid dienone is 1. The number of benzene rings is 1. The van der Waals surface area contributed by atoms with Gasteiger partial charge in [-0.2, -0.15) is 5.26 Å². The van der Waals surface area contributed by atoms with Crippen LogP contribution in [0.1, 0.15) is 35.4 Å². The summed E-state index contributed by atoms with van der Waals surface area (Å²) in [6, 6.07) is 13.1. The minimum Gasteiger partial charge on any atom is -0.467 e. The lowest BCUT2D eigenvalue weighted by Gasteiger charge is -2.46. The normalized spacial score (nSPS) is 25.7. The smallest absolute Gasteiger partial charge is 0.126 e. The highest BCUT2D eigenvalue weighted by molar-refractivity contribution is 5.59. The summed E-state index contributed by atoms with van der Waals surface area (Å²) in [7, 11) is 2.06. The highest BCUT2D eigenvalue weighted by Crippen LogP contribution is 2.50. The van der Waals surface area contributed by atoms with E-state index < -0.39 is 0 Å². The van der Waals surface area contributed by atoms with E-state index in [1.807, 2.05) is 18.3 Å². The number of hydrogen-bond donors (Lipinski definition) is 1. The summed E-state index contributed by atoms with van der Waals surface area (Å²) >= 11 is 0. The van der Waals surface area contributed by atoms with Crippen molar-refractivity contribution in [2.75, 3.05) is 12.4 Å². The van der Waals surface area contributed by atoms with Gasteiger partial charge in [0.1, 0.15) is 5.76 Å². The summed E-state index contributed by atoms with van der Waals surface area (Å²) in [4.78, 5) is 2.18. The molecular formula is C19H19N3O. The predicted molar refractivity (Wildman–Crippen MR) is 88.6 cm³/mol. The van der Waals surface area contributed by atoms with Gasteiger partial charge in [-0.05, 0) is 37.1 Å². The zero-order chi connectivity index (χ0) is 16.0. The molecule has 1 aromatic carbocycles. The highest BCUT2D eigenvalue weighted by Gasteiger charge is 2.42. The first-order valence-electron chi connectivity index (χ1n) is 7.90. The van der Waals surface area contributed by atoms with Crippen molar-refractivity contribution in [1.82, 2.24) is 4.90 Å². The maximum absolute atomic E-state index is 9.37. The van der Waals surface area contributed by atoms with E-state index in [2.05, 4.69) is 48.5 Å². The van der Waals surface area contributed by atoms with Crippen LogP contribution >= 0.6 is 0 Å². The molecule has 0 saturated carbocycles. The van der Waals surface area contributed by atoms with Gasteiger partial charge in [0, 0.05) is 30.4 Å². The molecular weight excluding hydrogens is 286 g/mol. The molecule has 2 aromatic rings. The van der Waals surface area contributed by atoms with Gasteiger partial charge in [0.15, 0.2) is 0 Å². The number of nitrogens with zero attached hydrogens (tertiary/aromatic N) is 2. The molecule has 1 aromatic heterocycles. The van der Waals surface area contributed by atoms with Crippen LogP contribution < -0.4 is 5.32 Å². The number of nitrogens with one attached hydrogen (secondary N) is 1. The molecule has 0 fully saturated rings. The van der Waals surface area contributed by atoms with Gasteiger partial charge in [-0.1, -0.05) is 17.7 Å². The van der Waals surface area contributed by atoms with Crippen molar-refractivity contribution >= 4 is 5.69 Å². The third-order valence-electron chi connectivity index (χ3n) is 4.92. The van der Waals surface area contributed by atoms with Crippen LogP contribution in [0.5, 0.6) is 0 Å². The van der Waals surface area contributed by atoms with Crippen molar-refractivity contribution in [3.05, 3.63) is 65.3 Å². The van der Waals surface area contributed by atoms with E-state index in [0.29, 0.717) is 0 Å². The van der Waals surface area contributed by atoms with Gasteiger partial charge in [-0.25, -0.2) is 0 Å². The number of aryl methyl sites for hydroxylation is 1. The first-order valence-corrected chi connectivity index (χ1v) is 7.90. The molecule has 2 aliphatic rings. The lowest BCUT2D eigenvalue weighted by molar-refractivity contribution is 0.178. The molecule has 3 heterocycles. The van der Waals surface area contributed by atoms with E-state index in [9.17, 15) is 5.26 Å². The van der Waals surface area contributed by atoms with Crippen LogP contribution in [0.15, 0.2) is 52.8 Å². The summed E-state index contributed by atoms with van der Waals surface area (Å²) in [5, 5.41) is 13.0. The highest BCUT2D eigenvalue weighted by atomic mass is 16.3. The van der Waals surface area contributed by atoms with Crippen LogP contribution in [0, 0.1) is 24.2 Å². The van der Waals surface area contributed by atoms with E-state index in [4.69, 9.17) is 4.42 Å². The van der Waals surface area contributed by atoms with Crippen molar-refractivity contribution in [3.63, 3.8) is 0 Å². The molecule has 0 amide bonds. The molecule has 2 aliphatic heterocycles. The second-order valence-electron chi connectivity index (χ2n) is 6.47. The largest absolute Gasteiger partial charge is 0.467 e. The monoisotopic (exact) mass is 305 g/mol. The van der Waals surface area contributed by atoms with Crippen molar-refractivity contribution in [2.24, 2.45) is 5.92 Å². The van der Waals surface area contributed by atoms with Crippen molar-refractivity contribution < 1.29 is 4.42 Å². The molecule has 0 bridgehead atoms. The summed E-state index contributed by atoms with van der Waals surface area (Å²) in [5.74, 6) is 1.19. The fourth-order valence-electron chi connectivity index (χ4n) is 3.95. The Kier molecular flexibility index (Phi) is 3.16. The third-order valence-corrected chi connectivity index (χ3v) is 4.92. The maximum Gasteiger partial charge on any atom is 0.126 e. The third kappa shape index (κ3) is 2.20. The molecule has 3 atom stereocenters. The number of rotatable bonds is 1. The first-order chi connectivity index (χ1) is 11.2. The summed E-state index contributed by atoms with van der Waals surface area (Å²) in [5.41, 5.74) is 4.53. The summed E-state index contributed by atoms with van der Waals surface area (Å²) in [6.45, 7) is 2.12. The minimum absolute atomic E-state index is 0.0738. The second kappa shape index (κ2) is 5.20. The van der Waals surface area contributed by atoms with Crippen LogP contribution in [0.3, 0.4) is 0 Å². The van der Waals surface area contributed by atoms with Crippen molar-refractivity contribution in [3.8, 4) is 6.07 Å². The number of fused-ring (bicyclic) bond motifs is 3. The zero-order valence-corrected chi connectivity index (χ0v) is 13.3. The van der Waals surface area contributed by atoms with Crippen molar-refractivity contribution in [2.45, 2.75) is 25.4 Å². The average Bonchev–Trinajstić information content (AvgIpc) is 3.07. The molecule has 4 nitrogen and oxygen atoms in total. The Balaban J connectivity index is 1.86. The van der Waals surface area contributed by atoms with Gasteiger partial charge in [0.25, 0.3) is 0 Å². The van der Waals surface area contributed by atoms with Gasteiger partial charge in [-0.15, -0.1) is 0 Å². The quantitative estimate of drug-likeness (QED) is 0.859. The Morgan fingerprint density at radius 2 is 2.22 bits per heavy atom. The predicted octanol–water partition coefficient (Wildman–Crippen LogP) is 4.16. The summed E-state index contributed by atoms with van der Waals surface area (Å²) < 4.78 is 5.68. The van der Waals surface area contributed by atoms with Gasteiger partial charge in [0.05, 0.1) is 24.4 Å². The standard InChI is InChI=1S/C19H19N3O/c1-12-5-6-16-14(8-12)19-15(9-13(10-20)11-22(19)2)18(21-16)17-4-3-7-23-17/h3-8,11,15,18-19,21H,9H2,1-2H3/t15-,18+,19+/m0/s1. The van der Waals surface area contributed by atoms with E-state index in [1.165, 1.54) is 11.1 Å². The van der Waals surface area contributed by atoms with Crippen LogP contribution in [0.2, 0.25) is 0 Å². The first kappa shape index (κ1) is 14.0. The van der Waals surface area contributed by atoms with Gasteiger partial charge >= 0.3 is 0 Å². The SMILES string of the molecule is Cc1ccc2c(c1)[C@@H]1[C@@H](CC(C#N)=CN1C)[C@H](c1ccco1)N2. The zero-order valence-electron chi connectivity index (χ0n) is 13.3. The van der Waals surface area contributed by atoms with Crippen molar-refractivity contribution in [1.29, 1.82) is 5.26 Å². The molecule has 0 unspecified atom stereocenters. The Morgan fingerprint density at radius 3 is 2.96 bits per heavy atom. The summed E-state index contributed by atoms with van der Waals surface area (Å²) in [6.07, 6.45) is 4.46. The van der Waals surface area contributed by atoms with Crippen LogP contribution in [-0.2, 0) is 0 Å². The van der Waals surface area contributed by atoms with Crippen LogP contribution in [0.25, 0.3) is 0 Å². The maximum atomic E-state index is 9.37. The molecule has 1 N–H and O–H groups in total. The van der Waals surface area contributed by atoms with Gasteiger partial charge in [0.2, 0.25) is 0 Å². The molecule has 4 rings (SSSR count). The van der Waals surface area contributed by atoms with E-state index in [0.717, 1.165) is 23.4 Å². The number of anilines is 1. The van der Waals surface area contributed by atoms with E-state index in [1.54, 1.807) is 6.26 Å². The van der Waals surface area contributed by atoms with Gasteiger partial charge in [-0.3, -0.25) is 0 Å². The number of nitriles is 1. The Bertz CT molecular complexity index is 801. The van der Waals surface area contributed by atoms with E-state index in [-0.39, 0.29) is 18.0 Å². The lowest BCUT2D eigenvalue weighted by atomic mass is 9.75. The lowest BCUT2D eigenvalue weighted by Crippen LogP contribution is -2.40. The fraction of sp³-hybridized carbons (Fsp3) is 0.316. The number of furan rings is 1. The van der Waals surface area contributed by atoms with Crippen LogP contribution in [0.4, 0.5) is 5.69 Å². The number of hydrogen-bond acceptors (Lipinski definition) is 4. The Hall–Kier alpha value is -2.67. The Morgan fingerprint density at radius 1 is 1.35 bits per heavy atom. The molecule has 116 valence electrons. The molecule has 23 heavy (non-hydrogen) atoms.